The highest BCUT2D eigenvalue weighted by Crippen LogP contribution is 2.21. The molecule has 18 heavy (non-hydrogen) atoms. The molecule has 0 bridgehead atoms. The second kappa shape index (κ2) is 5.14. The largest absolute Gasteiger partial charge is 0.357 e. The number of nitrogens with zero attached hydrogens (tertiary/aromatic N) is 3. The molecule has 2 rings (SSSR count). The van der Waals surface area contributed by atoms with Crippen LogP contribution in [-0.2, 0) is 0 Å². The van der Waals surface area contributed by atoms with Gasteiger partial charge in [-0.1, -0.05) is 0 Å². The summed E-state index contributed by atoms with van der Waals surface area (Å²) in [5.41, 5.74) is 0. The van der Waals surface area contributed by atoms with Crippen molar-refractivity contribution in [1.82, 2.24) is 9.88 Å². The summed E-state index contributed by atoms with van der Waals surface area (Å²) < 4.78 is 39.3. The summed E-state index contributed by atoms with van der Waals surface area (Å²) in [5.74, 6) is -3.09. The Labute approximate surface area is 104 Å². The molecule has 0 aromatic carbocycles. The van der Waals surface area contributed by atoms with Crippen molar-refractivity contribution in [3.8, 4) is 0 Å². The zero-order valence-electron chi connectivity index (χ0n) is 10.5. The van der Waals surface area contributed by atoms with Crippen molar-refractivity contribution in [3.05, 3.63) is 23.6 Å². The molecule has 1 aromatic heterocycles. The molecule has 0 spiro atoms. The maximum absolute atomic E-state index is 13.5. The van der Waals surface area contributed by atoms with Gasteiger partial charge in [0, 0.05) is 26.2 Å². The average Bonchev–Trinajstić information content (AvgIpc) is 2.69. The van der Waals surface area contributed by atoms with Gasteiger partial charge < -0.3 is 9.80 Å². The van der Waals surface area contributed by atoms with E-state index in [1.807, 2.05) is 7.05 Å². The first-order valence-electron chi connectivity index (χ1n) is 5.88. The fourth-order valence-corrected chi connectivity index (χ4v) is 2.35. The standard InChI is InChI=1S/C12H16F3N3/c1-17-4-3-8(6-17)7-18(2)12-10(14)5-9(13)11(15)16-12/h5,8H,3-4,6-7H2,1-2H3. The summed E-state index contributed by atoms with van der Waals surface area (Å²) in [7, 11) is 3.66. The van der Waals surface area contributed by atoms with Crippen LogP contribution in [0.25, 0.3) is 0 Å². The number of hydrogen-bond donors (Lipinski definition) is 0. The number of likely N-dealkylation sites (tertiary alicyclic amines) is 1. The quantitative estimate of drug-likeness (QED) is 0.773. The summed E-state index contributed by atoms with van der Waals surface area (Å²) in [5, 5.41) is 0. The maximum atomic E-state index is 13.5. The highest BCUT2D eigenvalue weighted by molar-refractivity contribution is 5.39. The fraction of sp³-hybridized carbons (Fsp3) is 0.583. The van der Waals surface area contributed by atoms with Gasteiger partial charge in [0.15, 0.2) is 17.5 Å². The van der Waals surface area contributed by atoms with Crippen LogP contribution in [0.1, 0.15) is 6.42 Å². The lowest BCUT2D eigenvalue weighted by Gasteiger charge is -2.22. The Hall–Kier alpha value is -1.30. The van der Waals surface area contributed by atoms with E-state index in [4.69, 9.17) is 0 Å². The minimum atomic E-state index is -1.26. The molecule has 1 fully saturated rings. The first-order valence-corrected chi connectivity index (χ1v) is 5.88. The lowest BCUT2D eigenvalue weighted by molar-refractivity contribution is 0.395. The first kappa shape index (κ1) is 13.1. The minimum Gasteiger partial charge on any atom is -0.357 e. The van der Waals surface area contributed by atoms with Crippen LogP contribution in [0, 0.1) is 23.5 Å². The molecule has 1 aliphatic heterocycles. The predicted octanol–water partition coefficient (Wildman–Crippen LogP) is 1.89. The molecule has 1 aliphatic rings. The number of halogens is 3. The van der Waals surface area contributed by atoms with Gasteiger partial charge >= 0.3 is 0 Å². The van der Waals surface area contributed by atoms with Crippen LogP contribution >= 0.6 is 0 Å². The molecule has 1 atom stereocenters. The third-order valence-electron chi connectivity index (χ3n) is 3.25. The monoisotopic (exact) mass is 259 g/mol. The van der Waals surface area contributed by atoms with Gasteiger partial charge in [0.25, 0.3) is 5.95 Å². The van der Waals surface area contributed by atoms with Crippen LogP contribution in [0.15, 0.2) is 6.07 Å². The van der Waals surface area contributed by atoms with E-state index < -0.39 is 17.6 Å². The van der Waals surface area contributed by atoms with Gasteiger partial charge in [-0.15, -0.1) is 0 Å². The SMILES string of the molecule is CN1CCC(CN(C)c2nc(F)c(F)cc2F)C1. The summed E-state index contributed by atoms with van der Waals surface area (Å²) in [6.45, 7) is 2.52. The Balaban J connectivity index is 2.09. The topological polar surface area (TPSA) is 19.4 Å². The lowest BCUT2D eigenvalue weighted by atomic mass is 10.1. The molecule has 0 amide bonds. The van der Waals surface area contributed by atoms with Crippen LogP contribution in [0.3, 0.4) is 0 Å². The molecular weight excluding hydrogens is 243 g/mol. The lowest BCUT2D eigenvalue weighted by Crippen LogP contribution is -2.29. The fourth-order valence-electron chi connectivity index (χ4n) is 2.35. The Morgan fingerprint density at radius 2 is 2.11 bits per heavy atom. The number of hydrogen-bond acceptors (Lipinski definition) is 3. The van der Waals surface area contributed by atoms with Gasteiger partial charge in [0.1, 0.15) is 0 Å². The highest BCUT2D eigenvalue weighted by Gasteiger charge is 2.23. The maximum Gasteiger partial charge on any atom is 0.251 e. The van der Waals surface area contributed by atoms with Crippen LogP contribution in [0.4, 0.5) is 19.0 Å². The van der Waals surface area contributed by atoms with E-state index in [0.29, 0.717) is 18.5 Å². The normalized spacial score (nSPS) is 20.4. The van der Waals surface area contributed by atoms with Crippen molar-refractivity contribution >= 4 is 5.82 Å². The van der Waals surface area contributed by atoms with E-state index in [-0.39, 0.29) is 5.82 Å². The van der Waals surface area contributed by atoms with E-state index in [1.165, 1.54) is 0 Å². The van der Waals surface area contributed by atoms with Gasteiger partial charge in [0.05, 0.1) is 0 Å². The number of anilines is 1. The summed E-state index contributed by atoms with van der Waals surface area (Å²) in [6, 6.07) is 0.537. The Morgan fingerprint density at radius 3 is 2.72 bits per heavy atom. The Morgan fingerprint density at radius 1 is 1.39 bits per heavy atom. The molecule has 0 N–H and O–H groups in total. The highest BCUT2D eigenvalue weighted by atomic mass is 19.2. The van der Waals surface area contributed by atoms with E-state index in [2.05, 4.69) is 9.88 Å². The summed E-state index contributed by atoms with van der Waals surface area (Å²) in [6.07, 6.45) is 1.02. The first-order chi connectivity index (χ1) is 8.47. The second-order valence-electron chi connectivity index (χ2n) is 4.86. The molecule has 3 nitrogen and oxygen atoms in total. The molecule has 2 heterocycles. The number of rotatable bonds is 3. The van der Waals surface area contributed by atoms with Crippen LogP contribution in [-0.4, -0.2) is 43.6 Å². The van der Waals surface area contributed by atoms with Gasteiger partial charge in [-0.2, -0.15) is 9.37 Å². The van der Waals surface area contributed by atoms with Crippen LogP contribution in [0.5, 0.6) is 0 Å². The van der Waals surface area contributed by atoms with Gasteiger partial charge in [0.2, 0.25) is 0 Å². The third kappa shape index (κ3) is 2.75. The van der Waals surface area contributed by atoms with Gasteiger partial charge in [-0.3, -0.25) is 0 Å². The van der Waals surface area contributed by atoms with Crippen molar-refractivity contribution in [1.29, 1.82) is 0 Å². The molecule has 1 unspecified atom stereocenters. The van der Waals surface area contributed by atoms with Crippen molar-refractivity contribution < 1.29 is 13.2 Å². The van der Waals surface area contributed by atoms with Gasteiger partial charge in [-0.05, 0) is 25.9 Å². The molecule has 6 heteroatoms. The molecule has 0 saturated carbocycles. The van der Waals surface area contributed by atoms with Crippen molar-refractivity contribution in [2.24, 2.45) is 5.92 Å². The van der Waals surface area contributed by atoms with Crippen LogP contribution in [0.2, 0.25) is 0 Å². The molecule has 0 aliphatic carbocycles. The molecule has 1 saturated heterocycles. The average molecular weight is 259 g/mol. The summed E-state index contributed by atoms with van der Waals surface area (Å²) in [4.78, 5) is 7.06. The molecule has 0 radical (unpaired) electrons. The van der Waals surface area contributed by atoms with Crippen molar-refractivity contribution in [3.63, 3.8) is 0 Å². The van der Waals surface area contributed by atoms with Crippen LogP contribution < -0.4 is 4.90 Å². The van der Waals surface area contributed by atoms with E-state index in [0.717, 1.165) is 19.5 Å². The summed E-state index contributed by atoms with van der Waals surface area (Å²) >= 11 is 0. The molecule has 1 aromatic rings. The van der Waals surface area contributed by atoms with E-state index >= 15 is 0 Å². The Kier molecular flexibility index (Phi) is 3.75. The van der Waals surface area contributed by atoms with Crippen molar-refractivity contribution in [2.45, 2.75) is 6.42 Å². The van der Waals surface area contributed by atoms with Crippen molar-refractivity contribution in [2.75, 3.05) is 38.6 Å². The second-order valence-corrected chi connectivity index (χ2v) is 4.86. The molecular formula is C12H16F3N3. The number of pyridine rings is 1. The molecule has 100 valence electrons. The van der Waals surface area contributed by atoms with E-state index in [1.54, 1.807) is 11.9 Å². The Bertz CT molecular complexity index is 439. The zero-order valence-corrected chi connectivity index (χ0v) is 10.5. The number of aromatic nitrogens is 1. The van der Waals surface area contributed by atoms with E-state index in [9.17, 15) is 13.2 Å². The minimum absolute atomic E-state index is 0.136. The third-order valence-corrected chi connectivity index (χ3v) is 3.25. The predicted molar refractivity (Wildman–Crippen MR) is 63.0 cm³/mol. The zero-order chi connectivity index (χ0) is 13.3. The smallest absolute Gasteiger partial charge is 0.251 e. The van der Waals surface area contributed by atoms with Gasteiger partial charge in [-0.25, -0.2) is 8.78 Å².